The van der Waals surface area contributed by atoms with Crippen LogP contribution in [-0.2, 0) is 0 Å². The molecule has 1 aromatic carbocycles. The largest absolute Gasteiger partial charge is 0.345 e. The average Bonchev–Trinajstić information content (AvgIpc) is 2.38. The zero-order chi connectivity index (χ0) is 15.5. The minimum Gasteiger partial charge on any atom is -0.345 e. The number of rotatable bonds is 5. The second-order valence-corrected chi connectivity index (χ2v) is 5.49. The van der Waals surface area contributed by atoms with Crippen LogP contribution in [0.3, 0.4) is 0 Å². The zero-order valence-corrected chi connectivity index (χ0v) is 12.3. The van der Waals surface area contributed by atoms with E-state index in [-0.39, 0.29) is 17.5 Å². The number of carbonyl (C=O) groups excluding carboxylic acids is 1. The van der Waals surface area contributed by atoms with Gasteiger partial charge in [0.05, 0.1) is 10.5 Å². The molecule has 0 heterocycles. The molecule has 3 N–H and O–H groups in total. The summed E-state index contributed by atoms with van der Waals surface area (Å²) in [5.74, 6) is -0.191. The summed E-state index contributed by atoms with van der Waals surface area (Å²) in [5.41, 5.74) is 6.08. The number of nitrogens with two attached hydrogens (primary N) is 1. The van der Waals surface area contributed by atoms with Crippen molar-refractivity contribution < 1.29 is 9.72 Å². The quantitative estimate of drug-likeness (QED) is 0.636. The van der Waals surface area contributed by atoms with Gasteiger partial charge in [0.1, 0.15) is 0 Å². The minimum atomic E-state index is -0.547. The molecule has 0 aromatic heterocycles. The molecule has 110 valence electrons. The van der Waals surface area contributed by atoms with E-state index in [0.29, 0.717) is 17.7 Å². The molecule has 1 atom stereocenters. The second kappa shape index (κ2) is 6.00. The Morgan fingerprint density at radius 3 is 2.55 bits per heavy atom. The molecule has 0 fully saturated rings. The van der Waals surface area contributed by atoms with Gasteiger partial charge in [-0.15, -0.1) is 0 Å². The molecule has 1 amide bonds. The molecule has 0 radical (unpaired) electrons. The molecular formula is C14H21N3O3. The fourth-order valence-corrected chi connectivity index (χ4v) is 1.73. The predicted octanol–water partition coefficient (Wildman–Crippen LogP) is 2.01. The third kappa shape index (κ3) is 3.33. The van der Waals surface area contributed by atoms with Gasteiger partial charge in [0.15, 0.2) is 0 Å². The average molecular weight is 279 g/mol. The third-order valence-electron chi connectivity index (χ3n) is 3.77. The first kappa shape index (κ1) is 16.1. The molecule has 20 heavy (non-hydrogen) atoms. The number of nitro groups is 1. The second-order valence-electron chi connectivity index (χ2n) is 5.49. The number of nitro benzene ring substituents is 1. The van der Waals surface area contributed by atoms with Crippen LogP contribution in [0, 0.1) is 23.0 Å². The van der Waals surface area contributed by atoms with E-state index in [1.165, 1.54) is 12.1 Å². The first-order chi connectivity index (χ1) is 9.21. The van der Waals surface area contributed by atoms with Crippen molar-refractivity contribution >= 4 is 11.6 Å². The van der Waals surface area contributed by atoms with Crippen LogP contribution in [0.25, 0.3) is 0 Å². The monoisotopic (exact) mass is 279 g/mol. The van der Waals surface area contributed by atoms with Crippen molar-refractivity contribution in [2.45, 2.75) is 33.2 Å². The van der Waals surface area contributed by atoms with Crippen LogP contribution in [0.2, 0.25) is 0 Å². The Balaban J connectivity index is 3.09. The summed E-state index contributed by atoms with van der Waals surface area (Å²) < 4.78 is 0. The van der Waals surface area contributed by atoms with Gasteiger partial charge in [0.25, 0.3) is 11.6 Å². The van der Waals surface area contributed by atoms with E-state index in [2.05, 4.69) is 5.32 Å². The molecule has 0 saturated carbocycles. The van der Waals surface area contributed by atoms with Crippen LogP contribution >= 0.6 is 0 Å². The molecule has 6 heteroatoms. The lowest BCUT2D eigenvalue weighted by molar-refractivity contribution is -0.384. The molecule has 0 aliphatic heterocycles. The number of aryl methyl sites for hydroxylation is 1. The Bertz CT molecular complexity index is 528. The van der Waals surface area contributed by atoms with Crippen molar-refractivity contribution in [2.24, 2.45) is 11.7 Å². The van der Waals surface area contributed by atoms with Crippen molar-refractivity contribution in [3.8, 4) is 0 Å². The highest BCUT2D eigenvalue weighted by molar-refractivity contribution is 5.96. The van der Waals surface area contributed by atoms with Crippen molar-refractivity contribution in [1.29, 1.82) is 0 Å². The topological polar surface area (TPSA) is 98.3 Å². The van der Waals surface area contributed by atoms with E-state index in [0.717, 1.165) is 0 Å². The van der Waals surface area contributed by atoms with Crippen molar-refractivity contribution in [2.75, 3.05) is 6.54 Å². The first-order valence-electron chi connectivity index (χ1n) is 6.49. The lowest BCUT2D eigenvalue weighted by Crippen LogP contribution is -2.55. The fourth-order valence-electron chi connectivity index (χ4n) is 1.73. The number of hydrogen-bond acceptors (Lipinski definition) is 4. The van der Waals surface area contributed by atoms with E-state index in [4.69, 9.17) is 5.73 Å². The Labute approximate surface area is 118 Å². The first-order valence-corrected chi connectivity index (χ1v) is 6.49. The highest BCUT2D eigenvalue weighted by Gasteiger charge is 2.29. The van der Waals surface area contributed by atoms with E-state index in [1.54, 1.807) is 13.0 Å². The number of nitrogens with one attached hydrogen (secondary N) is 1. The zero-order valence-electron chi connectivity index (χ0n) is 12.3. The number of nitrogens with zero attached hydrogens (tertiary/aromatic N) is 1. The van der Waals surface area contributed by atoms with Crippen molar-refractivity contribution in [3.05, 3.63) is 39.4 Å². The number of benzene rings is 1. The molecule has 0 aliphatic rings. The summed E-state index contributed by atoms with van der Waals surface area (Å²) in [6.45, 7) is 7.83. The Morgan fingerprint density at radius 2 is 2.10 bits per heavy atom. The molecule has 1 rings (SSSR count). The van der Waals surface area contributed by atoms with Gasteiger partial charge in [-0.3, -0.25) is 14.9 Å². The van der Waals surface area contributed by atoms with Crippen LogP contribution in [0.5, 0.6) is 0 Å². The van der Waals surface area contributed by atoms with Crippen LogP contribution in [0.15, 0.2) is 18.2 Å². The highest BCUT2D eigenvalue weighted by Crippen LogP contribution is 2.20. The maximum absolute atomic E-state index is 12.3. The summed E-state index contributed by atoms with van der Waals surface area (Å²) in [5, 5.41) is 13.7. The van der Waals surface area contributed by atoms with Crippen LogP contribution in [0.1, 0.15) is 36.7 Å². The van der Waals surface area contributed by atoms with Gasteiger partial charge in [-0.2, -0.15) is 0 Å². The molecule has 6 nitrogen and oxygen atoms in total. The molecule has 0 aliphatic carbocycles. The lowest BCUT2D eigenvalue weighted by Gasteiger charge is -2.33. The summed E-state index contributed by atoms with van der Waals surface area (Å²) in [4.78, 5) is 22.6. The minimum absolute atomic E-state index is 0.0975. The van der Waals surface area contributed by atoms with E-state index >= 15 is 0 Å². The van der Waals surface area contributed by atoms with Crippen LogP contribution < -0.4 is 11.1 Å². The standard InChI is InChI=1S/C14H21N3O3/c1-9(2)14(4,8-15)16-13(18)12-7-11(17(19)20)6-5-10(12)3/h5-7,9H,8,15H2,1-4H3,(H,16,18). The van der Waals surface area contributed by atoms with Gasteiger partial charge in [-0.25, -0.2) is 0 Å². The van der Waals surface area contributed by atoms with E-state index in [9.17, 15) is 14.9 Å². The fraction of sp³-hybridized carbons (Fsp3) is 0.500. The number of carbonyl (C=O) groups is 1. The molecule has 1 unspecified atom stereocenters. The van der Waals surface area contributed by atoms with E-state index < -0.39 is 10.5 Å². The predicted molar refractivity (Wildman–Crippen MR) is 77.6 cm³/mol. The van der Waals surface area contributed by atoms with Gasteiger partial charge < -0.3 is 11.1 Å². The van der Waals surface area contributed by atoms with Gasteiger partial charge in [0, 0.05) is 24.2 Å². The van der Waals surface area contributed by atoms with Gasteiger partial charge in [-0.1, -0.05) is 19.9 Å². The highest BCUT2D eigenvalue weighted by atomic mass is 16.6. The Morgan fingerprint density at radius 1 is 1.50 bits per heavy atom. The molecule has 0 spiro atoms. The normalized spacial score (nSPS) is 13.9. The van der Waals surface area contributed by atoms with E-state index in [1.807, 2.05) is 20.8 Å². The smallest absolute Gasteiger partial charge is 0.270 e. The van der Waals surface area contributed by atoms with Crippen molar-refractivity contribution in [3.63, 3.8) is 0 Å². The van der Waals surface area contributed by atoms with Gasteiger partial charge in [-0.05, 0) is 25.3 Å². The summed E-state index contributed by atoms with van der Waals surface area (Å²) in [6.07, 6.45) is 0. The number of amides is 1. The number of non-ortho nitro benzene ring substituents is 1. The van der Waals surface area contributed by atoms with Crippen LogP contribution in [0.4, 0.5) is 5.69 Å². The Kier molecular flexibility index (Phi) is 4.83. The maximum atomic E-state index is 12.3. The van der Waals surface area contributed by atoms with Gasteiger partial charge in [0.2, 0.25) is 0 Å². The summed E-state index contributed by atoms with van der Waals surface area (Å²) >= 11 is 0. The SMILES string of the molecule is Cc1ccc([N+](=O)[O-])cc1C(=O)NC(C)(CN)C(C)C. The molecule has 0 saturated heterocycles. The molecule has 0 bridgehead atoms. The Hall–Kier alpha value is -1.95. The van der Waals surface area contributed by atoms with Crippen molar-refractivity contribution in [1.82, 2.24) is 5.32 Å². The third-order valence-corrected chi connectivity index (χ3v) is 3.77. The number of hydrogen-bond donors (Lipinski definition) is 2. The van der Waals surface area contributed by atoms with Gasteiger partial charge >= 0.3 is 0 Å². The molecule has 1 aromatic rings. The lowest BCUT2D eigenvalue weighted by atomic mass is 9.88. The maximum Gasteiger partial charge on any atom is 0.270 e. The van der Waals surface area contributed by atoms with Crippen LogP contribution in [-0.4, -0.2) is 22.9 Å². The summed E-state index contributed by atoms with van der Waals surface area (Å²) in [6, 6.07) is 4.25. The summed E-state index contributed by atoms with van der Waals surface area (Å²) in [7, 11) is 0. The molecular weight excluding hydrogens is 258 g/mol.